The third kappa shape index (κ3) is 4.69. The standard InChI is InChI=1S/C18H14N4O3S2/c19-11-13-1-3-14(4-2-13)12-21-17(23)15-5-7-16(8-6-15)27(24,25)22-18-20-9-10-26-18/h1-10H,12H2,(H,20,22)(H,21,23). The molecule has 0 bridgehead atoms. The third-order valence-corrected chi connectivity index (χ3v) is 5.79. The lowest BCUT2D eigenvalue weighted by molar-refractivity contribution is 0.0951. The number of nitriles is 1. The highest BCUT2D eigenvalue weighted by molar-refractivity contribution is 7.93. The van der Waals surface area contributed by atoms with Crippen molar-refractivity contribution in [2.75, 3.05) is 4.72 Å². The molecule has 3 aromatic rings. The number of hydrogen-bond acceptors (Lipinski definition) is 6. The minimum atomic E-state index is -3.75. The van der Waals surface area contributed by atoms with Gasteiger partial charge in [0.25, 0.3) is 15.9 Å². The Morgan fingerprint density at radius 3 is 2.41 bits per heavy atom. The van der Waals surface area contributed by atoms with Crippen LogP contribution in [0, 0.1) is 11.3 Å². The lowest BCUT2D eigenvalue weighted by Gasteiger charge is -2.08. The van der Waals surface area contributed by atoms with E-state index in [1.165, 1.54) is 41.8 Å². The maximum Gasteiger partial charge on any atom is 0.263 e. The molecule has 0 saturated carbocycles. The summed E-state index contributed by atoms with van der Waals surface area (Å²) in [5, 5.41) is 13.5. The van der Waals surface area contributed by atoms with E-state index in [4.69, 9.17) is 5.26 Å². The second kappa shape index (κ2) is 7.99. The van der Waals surface area contributed by atoms with Crippen molar-refractivity contribution in [3.8, 4) is 6.07 Å². The summed E-state index contributed by atoms with van der Waals surface area (Å²) in [6, 6.07) is 14.5. The number of nitrogens with one attached hydrogen (secondary N) is 2. The Kier molecular flexibility index (Phi) is 5.49. The molecule has 0 spiro atoms. The van der Waals surface area contributed by atoms with Gasteiger partial charge in [0, 0.05) is 23.7 Å². The van der Waals surface area contributed by atoms with Crippen LogP contribution in [0.3, 0.4) is 0 Å². The van der Waals surface area contributed by atoms with Crippen LogP contribution < -0.4 is 10.0 Å². The second-order valence-electron chi connectivity index (χ2n) is 5.46. The monoisotopic (exact) mass is 398 g/mol. The molecule has 0 unspecified atom stereocenters. The molecule has 2 N–H and O–H groups in total. The number of rotatable bonds is 6. The van der Waals surface area contributed by atoms with E-state index in [0.29, 0.717) is 17.7 Å². The van der Waals surface area contributed by atoms with Gasteiger partial charge in [-0.1, -0.05) is 12.1 Å². The quantitative estimate of drug-likeness (QED) is 0.663. The Labute approximate surface area is 160 Å². The number of thiazole rings is 1. The lowest BCUT2D eigenvalue weighted by Crippen LogP contribution is -2.23. The normalized spacial score (nSPS) is 10.8. The van der Waals surface area contributed by atoms with Crippen molar-refractivity contribution in [2.45, 2.75) is 11.4 Å². The van der Waals surface area contributed by atoms with Crippen molar-refractivity contribution in [3.05, 3.63) is 76.8 Å². The second-order valence-corrected chi connectivity index (χ2v) is 8.04. The van der Waals surface area contributed by atoms with Crippen LogP contribution in [0.5, 0.6) is 0 Å². The molecule has 0 aliphatic carbocycles. The number of carbonyl (C=O) groups is 1. The molecule has 1 amide bonds. The highest BCUT2D eigenvalue weighted by Gasteiger charge is 2.16. The molecule has 136 valence electrons. The van der Waals surface area contributed by atoms with E-state index in [9.17, 15) is 13.2 Å². The number of hydrogen-bond donors (Lipinski definition) is 2. The zero-order chi connectivity index (χ0) is 19.3. The van der Waals surface area contributed by atoms with Crippen LogP contribution in [-0.4, -0.2) is 19.3 Å². The highest BCUT2D eigenvalue weighted by Crippen LogP contribution is 2.18. The first-order chi connectivity index (χ1) is 13.0. The number of aromatic nitrogens is 1. The maximum atomic E-state index is 12.3. The molecular weight excluding hydrogens is 384 g/mol. The van der Waals surface area contributed by atoms with Gasteiger partial charge >= 0.3 is 0 Å². The smallest absolute Gasteiger partial charge is 0.263 e. The number of sulfonamides is 1. The summed E-state index contributed by atoms with van der Waals surface area (Å²) >= 11 is 1.18. The molecule has 0 atom stereocenters. The van der Waals surface area contributed by atoms with Crippen LogP contribution in [0.25, 0.3) is 0 Å². The van der Waals surface area contributed by atoms with E-state index in [0.717, 1.165) is 5.56 Å². The van der Waals surface area contributed by atoms with Gasteiger partial charge in [-0.25, -0.2) is 13.4 Å². The Morgan fingerprint density at radius 1 is 1.11 bits per heavy atom. The third-order valence-electron chi connectivity index (χ3n) is 3.62. The number of nitrogens with zero attached hydrogens (tertiary/aromatic N) is 2. The summed E-state index contributed by atoms with van der Waals surface area (Å²) in [5.74, 6) is -0.323. The van der Waals surface area contributed by atoms with E-state index in [1.807, 2.05) is 6.07 Å². The topological polar surface area (TPSA) is 112 Å². The highest BCUT2D eigenvalue weighted by atomic mass is 32.2. The number of carbonyl (C=O) groups excluding carboxylic acids is 1. The van der Waals surface area contributed by atoms with Crippen LogP contribution >= 0.6 is 11.3 Å². The Morgan fingerprint density at radius 2 is 1.81 bits per heavy atom. The molecule has 2 aromatic carbocycles. The molecule has 0 radical (unpaired) electrons. The van der Waals surface area contributed by atoms with Crippen molar-refractivity contribution in [2.24, 2.45) is 0 Å². The predicted molar refractivity (Wildman–Crippen MR) is 102 cm³/mol. The zero-order valence-corrected chi connectivity index (χ0v) is 15.5. The van der Waals surface area contributed by atoms with E-state index in [2.05, 4.69) is 15.0 Å². The summed E-state index contributed by atoms with van der Waals surface area (Å²) in [5.41, 5.74) is 1.75. The van der Waals surface area contributed by atoms with Gasteiger partial charge in [0.15, 0.2) is 5.13 Å². The van der Waals surface area contributed by atoms with Crippen molar-refractivity contribution >= 4 is 32.4 Å². The predicted octanol–water partition coefficient (Wildman–Crippen LogP) is 2.75. The summed E-state index contributed by atoms with van der Waals surface area (Å²) in [6.07, 6.45) is 1.50. The van der Waals surface area contributed by atoms with Crippen LogP contribution in [-0.2, 0) is 16.6 Å². The molecule has 0 saturated heterocycles. The first-order valence-electron chi connectivity index (χ1n) is 7.77. The van der Waals surface area contributed by atoms with Crippen molar-refractivity contribution in [3.63, 3.8) is 0 Å². The van der Waals surface area contributed by atoms with Gasteiger partial charge in [-0.15, -0.1) is 11.3 Å². The van der Waals surface area contributed by atoms with E-state index >= 15 is 0 Å². The van der Waals surface area contributed by atoms with Crippen LogP contribution in [0.15, 0.2) is 65.0 Å². The molecule has 0 aliphatic heterocycles. The number of anilines is 1. The first kappa shape index (κ1) is 18.6. The summed E-state index contributed by atoms with van der Waals surface area (Å²) < 4.78 is 26.9. The van der Waals surface area contributed by atoms with Crippen molar-refractivity contribution < 1.29 is 13.2 Å². The number of amides is 1. The minimum absolute atomic E-state index is 0.0429. The first-order valence-corrected chi connectivity index (χ1v) is 10.1. The average Bonchev–Trinajstić information content (AvgIpc) is 3.19. The van der Waals surface area contributed by atoms with Gasteiger partial charge in [0.05, 0.1) is 16.5 Å². The molecule has 7 nitrogen and oxygen atoms in total. The SMILES string of the molecule is N#Cc1ccc(CNC(=O)c2ccc(S(=O)(=O)Nc3nccs3)cc2)cc1. The zero-order valence-electron chi connectivity index (χ0n) is 13.9. The van der Waals surface area contributed by atoms with Crippen LogP contribution in [0.2, 0.25) is 0 Å². The maximum absolute atomic E-state index is 12.3. The fourth-order valence-corrected chi connectivity index (χ4v) is 4.00. The van der Waals surface area contributed by atoms with E-state index < -0.39 is 10.0 Å². The van der Waals surface area contributed by atoms with Crippen LogP contribution in [0.4, 0.5) is 5.13 Å². The minimum Gasteiger partial charge on any atom is -0.348 e. The number of benzene rings is 2. The Balaban J connectivity index is 1.63. The van der Waals surface area contributed by atoms with E-state index in [-0.39, 0.29) is 15.9 Å². The Hall–Kier alpha value is -3.22. The molecule has 1 heterocycles. The van der Waals surface area contributed by atoms with Gasteiger partial charge in [0.1, 0.15) is 0 Å². The fraction of sp³-hybridized carbons (Fsp3) is 0.0556. The van der Waals surface area contributed by atoms with Gasteiger partial charge in [-0.3, -0.25) is 9.52 Å². The van der Waals surface area contributed by atoms with Gasteiger partial charge < -0.3 is 5.32 Å². The Bertz CT molecular complexity index is 1070. The summed E-state index contributed by atoms with van der Waals surface area (Å²) in [7, 11) is -3.75. The van der Waals surface area contributed by atoms with Gasteiger partial charge in [0.2, 0.25) is 0 Å². The average molecular weight is 398 g/mol. The molecule has 0 aliphatic rings. The fourth-order valence-electron chi connectivity index (χ4n) is 2.21. The molecule has 27 heavy (non-hydrogen) atoms. The van der Waals surface area contributed by atoms with Crippen molar-refractivity contribution in [1.29, 1.82) is 5.26 Å². The largest absolute Gasteiger partial charge is 0.348 e. The van der Waals surface area contributed by atoms with Crippen molar-refractivity contribution in [1.82, 2.24) is 10.3 Å². The lowest BCUT2D eigenvalue weighted by atomic mass is 10.1. The van der Waals surface area contributed by atoms with Crippen LogP contribution in [0.1, 0.15) is 21.5 Å². The molecular formula is C18H14N4O3S2. The summed E-state index contributed by atoms with van der Waals surface area (Å²) in [4.78, 5) is 16.1. The molecule has 9 heteroatoms. The van der Waals surface area contributed by atoms with E-state index in [1.54, 1.807) is 29.6 Å². The molecule has 0 fully saturated rings. The summed E-state index contributed by atoms with van der Waals surface area (Å²) in [6.45, 7) is 0.302. The van der Waals surface area contributed by atoms with Gasteiger partial charge in [-0.2, -0.15) is 5.26 Å². The van der Waals surface area contributed by atoms with Gasteiger partial charge in [-0.05, 0) is 42.0 Å². The molecule has 3 rings (SSSR count). The molecule has 1 aromatic heterocycles.